The van der Waals surface area contributed by atoms with Crippen molar-refractivity contribution in [2.24, 2.45) is 5.41 Å². The molecule has 0 unspecified atom stereocenters. The van der Waals surface area contributed by atoms with E-state index in [1.165, 1.54) is 0 Å². The Hall–Kier alpha value is -0.630. The van der Waals surface area contributed by atoms with Crippen molar-refractivity contribution in [1.82, 2.24) is 9.97 Å². The van der Waals surface area contributed by atoms with Crippen molar-refractivity contribution in [1.29, 1.82) is 0 Å². The van der Waals surface area contributed by atoms with Crippen LogP contribution >= 0.6 is 11.6 Å². The lowest BCUT2D eigenvalue weighted by Gasteiger charge is -2.17. The highest BCUT2D eigenvalue weighted by molar-refractivity contribution is 6.29. The second-order valence-electron chi connectivity index (χ2n) is 4.47. The molecule has 3 heteroatoms. The Morgan fingerprint density at radius 1 is 1.31 bits per heavy atom. The molecule has 0 N–H and O–H groups in total. The van der Waals surface area contributed by atoms with Crippen molar-refractivity contribution in [2.75, 3.05) is 0 Å². The quantitative estimate of drug-likeness (QED) is 0.649. The average molecular weight is 199 g/mol. The molecular weight excluding hydrogens is 184 g/mol. The van der Waals surface area contributed by atoms with Gasteiger partial charge in [0, 0.05) is 5.69 Å². The van der Waals surface area contributed by atoms with Gasteiger partial charge in [0.15, 0.2) is 0 Å². The minimum Gasteiger partial charge on any atom is -0.238 e. The third-order valence-corrected chi connectivity index (χ3v) is 1.76. The monoisotopic (exact) mass is 198 g/mol. The topological polar surface area (TPSA) is 25.8 Å². The lowest BCUT2D eigenvalue weighted by molar-refractivity contribution is 0.405. The number of aromatic nitrogens is 2. The molecule has 0 aliphatic rings. The van der Waals surface area contributed by atoms with Gasteiger partial charge in [-0.25, -0.2) is 9.97 Å². The van der Waals surface area contributed by atoms with Crippen molar-refractivity contribution >= 4 is 11.6 Å². The summed E-state index contributed by atoms with van der Waals surface area (Å²) in [6.07, 6.45) is 0.927. The second-order valence-corrected chi connectivity index (χ2v) is 4.85. The van der Waals surface area contributed by atoms with E-state index in [9.17, 15) is 0 Å². The zero-order valence-electron chi connectivity index (χ0n) is 8.56. The maximum absolute atomic E-state index is 5.83. The van der Waals surface area contributed by atoms with E-state index >= 15 is 0 Å². The van der Waals surface area contributed by atoms with E-state index in [-0.39, 0.29) is 5.41 Å². The molecule has 1 heterocycles. The summed E-state index contributed by atoms with van der Waals surface area (Å²) in [4.78, 5) is 8.34. The van der Waals surface area contributed by atoms with Crippen LogP contribution in [0.2, 0.25) is 5.15 Å². The predicted molar refractivity (Wildman–Crippen MR) is 54.9 cm³/mol. The summed E-state index contributed by atoms with van der Waals surface area (Å²) in [6.45, 7) is 8.40. The van der Waals surface area contributed by atoms with Gasteiger partial charge in [-0.05, 0) is 24.8 Å². The Morgan fingerprint density at radius 3 is 2.38 bits per heavy atom. The van der Waals surface area contributed by atoms with Crippen molar-refractivity contribution in [3.05, 3.63) is 22.7 Å². The third kappa shape index (κ3) is 3.73. The molecule has 0 saturated heterocycles. The van der Waals surface area contributed by atoms with Crippen molar-refractivity contribution in [2.45, 2.75) is 34.1 Å². The summed E-state index contributed by atoms with van der Waals surface area (Å²) in [6, 6.07) is 1.83. The van der Waals surface area contributed by atoms with Crippen LogP contribution in [-0.2, 0) is 6.42 Å². The highest BCUT2D eigenvalue weighted by Gasteiger charge is 2.13. The first-order valence-electron chi connectivity index (χ1n) is 4.37. The Balaban J connectivity index is 2.90. The normalized spacial score (nSPS) is 11.8. The van der Waals surface area contributed by atoms with E-state index in [4.69, 9.17) is 11.6 Å². The smallest absolute Gasteiger partial charge is 0.133 e. The molecule has 0 fully saturated rings. The Labute approximate surface area is 84.4 Å². The SMILES string of the molecule is Cc1nc(Cl)cc(CC(C)(C)C)n1. The molecule has 1 rings (SSSR count). The van der Waals surface area contributed by atoms with Crippen molar-refractivity contribution in [3.8, 4) is 0 Å². The predicted octanol–water partition coefficient (Wildman–Crippen LogP) is 3.03. The molecule has 0 aliphatic carbocycles. The Morgan fingerprint density at radius 2 is 1.92 bits per heavy atom. The van der Waals surface area contributed by atoms with Crippen LogP contribution in [0.4, 0.5) is 0 Å². The molecule has 0 aromatic carbocycles. The van der Waals surface area contributed by atoms with Crippen LogP contribution in [0, 0.1) is 12.3 Å². The Bertz CT molecular complexity index is 282. The molecule has 2 nitrogen and oxygen atoms in total. The lowest BCUT2D eigenvalue weighted by atomic mass is 9.90. The van der Waals surface area contributed by atoms with E-state index in [0.29, 0.717) is 5.15 Å². The van der Waals surface area contributed by atoms with Crippen LogP contribution in [0.3, 0.4) is 0 Å². The molecule has 13 heavy (non-hydrogen) atoms. The van der Waals surface area contributed by atoms with Crippen molar-refractivity contribution in [3.63, 3.8) is 0 Å². The maximum Gasteiger partial charge on any atom is 0.133 e. The van der Waals surface area contributed by atoms with Gasteiger partial charge in [0.05, 0.1) is 0 Å². The standard InChI is InChI=1S/C10H15ClN2/c1-7-12-8(5-9(11)13-7)6-10(2,3)4/h5H,6H2,1-4H3. The summed E-state index contributed by atoms with van der Waals surface area (Å²) in [5, 5.41) is 0.534. The van der Waals surface area contributed by atoms with Gasteiger partial charge >= 0.3 is 0 Å². The van der Waals surface area contributed by atoms with Crippen LogP contribution in [-0.4, -0.2) is 9.97 Å². The first-order chi connectivity index (χ1) is 5.87. The summed E-state index contributed by atoms with van der Waals surface area (Å²) >= 11 is 5.83. The van der Waals surface area contributed by atoms with E-state index in [2.05, 4.69) is 30.7 Å². The summed E-state index contributed by atoms with van der Waals surface area (Å²) in [5.74, 6) is 0.742. The van der Waals surface area contributed by atoms with Gasteiger partial charge in [-0.2, -0.15) is 0 Å². The fourth-order valence-electron chi connectivity index (χ4n) is 1.22. The summed E-state index contributed by atoms with van der Waals surface area (Å²) < 4.78 is 0. The largest absolute Gasteiger partial charge is 0.238 e. The molecule has 0 atom stereocenters. The van der Waals surface area contributed by atoms with E-state index in [1.807, 2.05) is 13.0 Å². The van der Waals surface area contributed by atoms with Gasteiger partial charge in [-0.15, -0.1) is 0 Å². The van der Waals surface area contributed by atoms with Gasteiger partial charge in [0.1, 0.15) is 11.0 Å². The minimum atomic E-state index is 0.240. The van der Waals surface area contributed by atoms with E-state index in [1.54, 1.807) is 0 Å². The Kier molecular flexibility index (Phi) is 2.91. The van der Waals surface area contributed by atoms with Crippen molar-refractivity contribution < 1.29 is 0 Å². The maximum atomic E-state index is 5.83. The molecule has 72 valence electrons. The number of hydrogen-bond donors (Lipinski definition) is 0. The summed E-state index contributed by atoms with van der Waals surface area (Å²) in [7, 11) is 0. The molecule has 0 radical (unpaired) electrons. The van der Waals surface area contributed by atoms with Gasteiger partial charge in [-0.3, -0.25) is 0 Å². The van der Waals surface area contributed by atoms with Crippen LogP contribution in [0.25, 0.3) is 0 Å². The molecule has 0 saturated carbocycles. The number of aryl methyl sites for hydroxylation is 1. The van der Waals surface area contributed by atoms with Gasteiger partial charge in [-0.1, -0.05) is 32.4 Å². The fourth-order valence-corrected chi connectivity index (χ4v) is 1.47. The molecule has 1 aromatic rings. The molecule has 0 aliphatic heterocycles. The van der Waals surface area contributed by atoms with Gasteiger partial charge in [0.2, 0.25) is 0 Å². The number of rotatable bonds is 1. The average Bonchev–Trinajstić information content (AvgIpc) is 1.78. The van der Waals surface area contributed by atoms with Crippen LogP contribution < -0.4 is 0 Å². The van der Waals surface area contributed by atoms with E-state index < -0.39 is 0 Å². The molecule has 0 amide bonds. The highest BCUT2D eigenvalue weighted by Crippen LogP contribution is 2.20. The van der Waals surface area contributed by atoms with Crippen LogP contribution in [0.5, 0.6) is 0 Å². The minimum absolute atomic E-state index is 0.240. The van der Waals surface area contributed by atoms with Gasteiger partial charge < -0.3 is 0 Å². The molecular formula is C10H15ClN2. The van der Waals surface area contributed by atoms with E-state index in [0.717, 1.165) is 17.9 Å². The molecule has 0 bridgehead atoms. The highest BCUT2D eigenvalue weighted by atomic mass is 35.5. The third-order valence-electron chi connectivity index (χ3n) is 1.57. The lowest BCUT2D eigenvalue weighted by Crippen LogP contribution is -2.11. The fraction of sp³-hybridized carbons (Fsp3) is 0.600. The first kappa shape index (κ1) is 10.5. The van der Waals surface area contributed by atoms with Gasteiger partial charge in [0.25, 0.3) is 0 Å². The first-order valence-corrected chi connectivity index (χ1v) is 4.75. The zero-order valence-corrected chi connectivity index (χ0v) is 9.31. The molecule has 1 aromatic heterocycles. The van der Waals surface area contributed by atoms with Crippen LogP contribution in [0.1, 0.15) is 32.3 Å². The molecule has 0 spiro atoms. The van der Waals surface area contributed by atoms with Crippen LogP contribution in [0.15, 0.2) is 6.07 Å². The number of nitrogens with zero attached hydrogens (tertiary/aromatic N) is 2. The second kappa shape index (κ2) is 3.62. The zero-order chi connectivity index (χ0) is 10.1. The number of halogens is 1. The summed E-state index contributed by atoms with van der Waals surface area (Å²) in [5.41, 5.74) is 1.26. The number of hydrogen-bond acceptors (Lipinski definition) is 2.